The van der Waals surface area contributed by atoms with Crippen molar-refractivity contribution < 1.29 is 18.4 Å². The topological polar surface area (TPSA) is 103 Å². The summed E-state index contributed by atoms with van der Waals surface area (Å²) in [5, 5.41) is 6.69. The minimum Gasteiger partial charge on any atom is -0.486 e. The molecule has 1 unspecified atom stereocenters. The van der Waals surface area contributed by atoms with Crippen LogP contribution in [0.2, 0.25) is 0 Å². The molecule has 0 aliphatic carbocycles. The first kappa shape index (κ1) is 20.9. The molecule has 9 heteroatoms. The highest BCUT2D eigenvalue weighted by Gasteiger charge is 2.21. The summed E-state index contributed by atoms with van der Waals surface area (Å²) >= 11 is 0. The Balaban J connectivity index is 1.52. The van der Waals surface area contributed by atoms with E-state index in [1.54, 1.807) is 6.07 Å². The molecule has 2 aromatic heterocycles. The van der Waals surface area contributed by atoms with Gasteiger partial charge >= 0.3 is 0 Å². The van der Waals surface area contributed by atoms with Crippen molar-refractivity contribution in [3.05, 3.63) is 41.6 Å². The number of nitrogens with zero attached hydrogens (tertiary/aromatic N) is 4. The average Bonchev–Trinajstić information content (AvgIpc) is 3.20. The predicted octanol–water partition coefficient (Wildman–Crippen LogP) is 3.50. The van der Waals surface area contributed by atoms with Gasteiger partial charge in [-0.05, 0) is 49.9 Å². The van der Waals surface area contributed by atoms with Crippen molar-refractivity contribution in [1.82, 2.24) is 25.4 Å². The number of halogens is 1. The van der Waals surface area contributed by atoms with Crippen LogP contribution in [0.4, 0.5) is 4.39 Å². The van der Waals surface area contributed by atoms with Crippen LogP contribution in [-0.2, 0) is 11.2 Å². The Bertz CT molecular complexity index is 1090. The number of piperidine rings is 1. The van der Waals surface area contributed by atoms with Crippen LogP contribution in [0.5, 0.6) is 5.75 Å². The molecule has 31 heavy (non-hydrogen) atoms. The van der Waals surface area contributed by atoms with Crippen molar-refractivity contribution in [1.29, 1.82) is 0 Å². The van der Waals surface area contributed by atoms with E-state index >= 15 is 0 Å². The molecule has 162 valence electrons. The van der Waals surface area contributed by atoms with Crippen LogP contribution in [0.3, 0.4) is 0 Å². The summed E-state index contributed by atoms with van der Waals surface area (Å²) in [4.78, 5) is 24.5. The zero-order valence-corrected chi connectivity index (χ0v) is 17.7. The van der Waals surface area contributed by atoms with Crippen LogP contribution >= 0.6 is 0 Å². The molecule has 1 amide bonds. The van der Waals surface area contributed by atoms with E-state index in [1.165, 1.54) is 12.1 Å². The molecule has 3 heterocycles. The fourth-order valence-corrected chi connectivity index (χ4v) is 3.43. The minimum absolute atomic E-state index is 0.0150. The van der Waals surface area contributed by atoms with Gasteiger partial charge in [-0.1, -0.05) is 19.0 Å². The number of carbonyl (C=O) groups is 1. The molecule has 0 radical (unpaired) electrons. The maximum Gasteiger partial charge on any atom is 0.276 e. The SMILES string of the molecule is Cc1nc(CC(C)C)cc(-c2nc(-c3ccc(OC4CCC(=O)NC4)c(F)c3)no2)n1. The number of aromatic nitrogens is 4. The molecule has 1 aliphatic heterocycles. The number of carbonyl (C=O) groups excluding carboxylic acids is 1. The van der Waals surface area contributed by atoms with Crippen LogP contribution < -0.4 is 10.1 Å². The quantitative estimate of drug-likeness (QED) is 0.645. The van der Waals surface area contributed by atoms with Gasteiger partial charge < -0.3 is 14.6 Å². The third-order valence-corrected chi connectivity index (χ3v) is 4.86. The van der Waals surface area contributed by atoms with Gasteiger partial charge in [-0.3, -0.25) is 4.79 Å². The Hall–Kier alpha value is -3.36. The van der Waals surface area contributed by atoms with Gasteiger partial charge in [0.1, 0.15) is 17.6 Å². The number of rotatable bonds is 6. The van der Waals surface area contributed by atoms with Crippen molar-refractivity contribution in [2.75, 3.05) is 6.54 Å². The standard InChI is InChI=1S/C22H24FN5O3/c1-12(2)8-15-10-18(26-13(3)25-15)22-27-21(28-31-22)14-4-6-19(17(23)9-14)30-16-5-7-20(29)24-11-16/h4,6,9-10,12,16H,5,7-8,11H2,1-3H3,(H,24,29). The number of aryl methyl sites for hydroxylation is 1. The third kappa shape index (κ3) is 5.04. The second kappa shape index (κ2) is 8.79. The molecule has 1 aromatic carbocycles. The molecular formula is C22H24FN5O3. The van der Waals surface area contributed by atoms with Gasteiger partial charge in [0.2, 0.25) is 11.7 Å². The number of amides is 1. The van der Waals surface area contributed by atoms with E-state index in [-0.39, 0.29) is 29.5 Å². The molecule has 1 aliphatic rings. The van der Waals surface area contributed by atoms with Gasteiger partial charge in [-0.15, -0.1) is 0 Å². The highest BCUT2D eigenvalue weighted by Crippen LogP contribution is 2.27. The highest BCUT2D eigenvalue weighted by atomic mass is 19.1. The van der Waals surface area contributed by atoms with E-state index in [1.807, 2.05) is 13.0 Å². The maximum atomic E-state index is 14.6. The summed E-state index contributed by atoms with van der Waals surface area (Å²) in [5.74, 6) is 1.17. The Morgan fingerprint density at radius 3 is 2.81 bits per heavy atom. The van der Waals surface area contributed by atoms with Gasteiger partial charge in [-0.2, -0.15) is 4.98 Å². The van der Waals surface area contributed by atoms with Gasteiger partial charge in [0.05, 0.1) is 6.54 Å². The van der Waals surface area contributed by atoms with Crippen LogP contribution in [0.15, 0.2) is 28.8 Å². The van der Waals surface area contributed by atoms with Crippen LogP contribution in [0.1, 0.15) is 38.2 Å². The lowest BCUT2D eigenvalue weighted by Gasteiger charge is -2.23. The number of ether oxygens (including phenoxy) is 1. The van der Waals surface area contributed by atoms with E-state index < -0.39 is 5.82 Å². The minimum atomic E-state index is -0.530. The monoisotopic (exact) mass is 425 g/mol. The molecule has 8 nitrogen and oxygen atoms in total. The average molecular weight is 425 g/mol. The first-order valence-electron chi connectivity index (χ1n) is 10.3. The van der Waals surface area contributed by atoms with Crippen molar-refractivity contribution in [3.63, 3.8) is 0 Å². The smallest absolute Gasteiger partial charge is 0.276 e. The number of hydrogen-bond acceptors (Lipinski definition) is 7. The summed E-state index contributed by atoms with van der Waals surface area (Å²) in [6.45, 7) is 6.42. The Kier molecular flexibility index (Phi) is 5.92. The van der Waals surface area contributed by atoms with E-state index in [4.69, 9.17) is 9.26 Å². The van der Waals surface area contributed by atoms with E-state index in [0.29, 0.717) is 42.4 Å². The number of benzene rings is 1. The van der Waals surface area contributed by atoms with E-state index in [0.717, 1.165) is 12.1 Å². The summed E-state index contributed by atoms with van der Waals surface area (Å²) < 4.78 is 25.7. The lowest BCUT2D eigenvalue weighted by Crippen LogP contribution is -2.40. The molecule has 0 saturated carbocycles. The second-order valence-corrected chi connectivity index (χ2v) is 8.04. The lowest BCUT2D eigenvalue weighted by molar-refractivity contribution is -0.123. The molecule has 0 bridgehead atoms. The zero-order valence-electron chi connectivity index (χ0n) is 17.7. The molecular weight excluding hydrogens is 401 g/mol. The number of hydrogen-bond donors (Lipinski definition) is 1. The molecule has 4 rings (SSSR count). The third-order valence-electron chi connectivity index (χ3n) is 4.86. The first-order chi connectivity index (χ1) is 14.9. The van der Waals surface area contributed by atoms with Crippen molar-refractivity contribution in [3.8, 4) is 28.7 Å². The predicted molar refractivity (Wildman–Crippen MR) is 111 cm³/mol. The highest BCUT2D eigenvalue weighted by molar-refractivity contribution is 5.76. The molecule has 0 spiro atoms. The van der Waals surface area contributed by atoms with Crippen LogP contribution in [-0.4, -0.2) is 38.7 Å². The molecule has 1 saturated heterocycles. The molecule has 3 aromatic rings. The van der Waals surface area contributed by atoms with E-state index in [2.05, 4.69) is 39.3 Å². The summed E-state index contributed by atoms with van der Waals surface area (Å²) in [7, 11) is 0. The summed E-state index contributed by atoms with van der Waals surface area (Å²) in [6.07, 6.45) is 1.49. The van der Waals surface area contributed by atoms with Gasteiger partial charge in [0.25, 0.3) is 5.89 Å². The van der Waals surface area contributed by atoms with Gasteiger partial charge in [0.15, 0.2) is 11.6 Å². The fraction of sp³-hybridized carbons (Fsp3) is 0.409. The molecule has 1 fully saturated rings. The van der Waals surface area contributed by atoms with Crippen molar-refractivity contribution in [2.24, 2.45) is 5.92 Å². The van der Waals surface area contributed by atoms with Gasteiger partial charge in [-0.25, -0.2) is 14.4 Å². The lowest BCUT2D eigenvalue weighted by atomic mass is 10.1. The Labute approximate surface area is 179 Å². The Morgan fingerprint density at radius 2 is 2.10 bits per heavy atom. The van der Waals surface area contributed by atoms with E-state index in [9.17, 15) is 9.18 Å². The Morgan fingerprint density at radius 1 is 1.26 bits per heavy atom. The molecule has 1 N–H and O–H groups in total. The maximum absolute atomic E-state index is 14.6. The second-order valence-electron chi connectivity index (χ2n) is 8.04. The fourth-order valence-electron chi connectivity index (χ4n) is 3.43. The van der Waals surface area contributed by atoms with Gasteiger partial charge in [0, 0.05) is 17.7 Å². The van der Waals surface area contributed by atoms with Crippen LogP contribution in [0.25, 0.3) is 23.0 Å². The van der Waals surface area contributed by atoms with Crippen molar-refractivity contribution in [2.45, 2.75) is 46.1 Å². The largest absolute Gasteiger partial charge is 0.486 e. The summed E-state index contributed by atoms with van der Waals surface area (Å²) in [6, 6.07) is 6.35. The normalized spacial score (nSPS) is 16.4. The zero-order chi connectivity index (χ0) is 22.0. The van der Waals surface area contributed by atoms with Crippen LogP contribution in [0, 0.1) is 18.7 Å². The number of nitrogens with one attached hydrogen (secondary N) is 1. The summed E-state index contributed by atoms with van der Waals surface area (Å²) in [5.41, 5.74) is 1.91. The van der Waals surface area contributed by atoms with Crippen molar-refractivity contribution >= 4 is 5.91 Å². The first-order valence-corrected chi connectivity index (χ1v) is 10.3. The molecule has 1 atom stereocenters.